The highest BCUT2D eigenvalue weighted by molar-refractivity contribution is 6.12. The zero-order chi connectivity index (χ0) is 45.5. The molecular formula is C41H60N6O13. The lowest BCUT2D eigenvalue weighted by atomic mass is 10.0. The molecule has 4 atom stereocenters. The molecule has 0 bridgehead atoms. The third kappa shape index (κ3) is 18.3. The van der Waals surface area contributed by atoms with E-state index in [1.165, 1.54) is 19.1 Å². The minimum absolute atomic E-state index is 0.0113. The Labute approximate surface area is 349 Å². The first-order valence-corrected chi connectivity index (χ1v) is 19.7. The maximum absolute atomic E-state index is 13.4. The molecule has 0 fully saturated rings. The highest BCUT2D eigenvalue weighted by Crippen LogP contribution is 2.26. The van der Waals surface area contributed by atoms with Crippen molar-refractivity contribution in [3.05, 3.63) is 35.9 Å². The van der Waals surface area contributed by atoms with E-state index in [2.05, 4.69) is 26.6 Å². The van der Waals surface area contributed by atoms with Gasteiger partial charge in [0.1, 0.15) is 35.1 Å². The number of alkyl carbamates (subject to hydrolysis) is 1. The fourth-order valence-corrected chi connectivity index (χ4v) is 5.73. The summed E-state index contributed by atoms with van der Waals surface area (Å²) in [6, 6.07) is -0.0217. The summed E-state index contributed by atoms with van der Waals surface area (Å²) in [6.07, 6.45) is 0.944. The third-order valence-corrected chi connectivity index (χ3v) is 8.62. The van der Waals surface area contributed by atoms with Gasteiger partial charge < -0.3 is 46.3 Å². The van der Waals surface area contributed by atoms with E-state index in [-0.39, 0.29) is 56.5 Å². The molecule has 19 nitrogen and oxygen atoms in total. The molecule has 19 heteroatoms. The SMILES string of the molecule is CC(C)[C@H](NC(=O)[C@@H](CCC(=O)O)NC(=O)CCCN1C(=O)C=CC1=O)C(=O)N[C@@H](C)C(=O)Nc1cc(C[C@@H](CCC(=O)OC(C)(C)C)NC(=O)OC(C)(C)C)ccc1O. The number of hydrogen-bond acceptors (Lipinski definition) is 12. The van der Waals surface area contributed by atoms with Crippen LogP contribution in [-0.4, -0.2) is 111 Å². The first-order valence-electron chi connectivity index (χ1n) is 19.7. The summed E-state index contributed by atoms with van der Waals surface area (Å²) in [5, 5.41) is 32.7. The Balaban J connectivity index is 2.11. The number of carbonyl (C=O) groups is 9. The van der Waals surface area contributed by atoms with Gasteiger partial charge in [-0.25, -0.2) is 4.79 Å². The average molecular weight is 845 g/mol. The number of imide groups is 1. The quantitative estimate of drug-likeness (QED) is 0.0533. The fourth-order valence-electron chi connectivity index (χ4n) is 5.73. The minimum Gasteiger partial charge on any atom is -0.506 e. The number of carboxylic acids is 1. The number of carbonyl (C=O) groups excluding carboxylic acids is 8. The van der Waals surface area contributed by atoms with E-state index in [0.717, 1.165) is 17.1 Å². The number of ether oxygens (including phenoxy) is 2. The van der Waals surface area contributed by atoms with Crippen LogP contribution in [-0.2, 0) is 54.3 Å². The second kappa shape index (κ2) is 22.4. The molecule has 0 aromatic heterocycles. The van der Waals surface area contributed by atoms with E-state index in [1.54, 1.807) is 61.5 Å². The fraction of sp³-hybridized carbons (Fsp3) is 0.585. The molecule has 7 N–H and O–H groups in total. The van der Waals surface area contributed by atoms with Gasteiger partial charge in [0, 0.05) is 44.0 Å². The molecule has 1 aliphatic heterocycles. The van der Waals surface area contributed by atoms with Crippen LogP contribution in [0.5, 0.6) is 5.75 Å². The van der Waals surface area contributed by atoms with E-state index in [1.807, 2.05) is 0 Å². The van der Waals surface area contributed by atoms with E-state index in [0.29, 0.717) is 5.56 Å². The van der Waals surface area contributed by atoms with Gasteiger partial charge in [0.05, 0.1) is 5.69 Å². The monoisotopic (exact) mass is 844 g/mol. The van der Waals surface area contributed by atoms with Crippen LogP contribution in [0.25, 0.3) is 0 Å². The van der Waals surface area contributed by atoms with E-state index < -0.39 is 101 Å². The van der Waals surface area contributed by atoms with Crippen molar-refractivity contribution in [1.29, 1.82) is 0 Å². The van der Waals surface area contributed by atoms with E-state index >= 15 is 0 Å². The zero-order valence-corrected chi connectivity index (χ0v) is 35.8. The molecule has 0 saturated carbocycles. The minimum atomic E-state index is -1.36. The lowest BCUT2D eigenvalue weighted by molar-refractivity contribution is -0.155. The van der Waals surface area contributed by atoms with Gasteiger partial charge in [-0.2, -0.15) is 0 Å². The average Bonchev–Trinajstić information content (AvgIpc) is 3.43. The molecule has 0 unspecified atom stereocenters. The zero-order valence-electron chi connectivity index (χ0n) is 35.8. The molecule has 7 amide bonds. The Morgan fingerprint density at radius 1 is 0.750 bits per heavy atom. The van der Waals surface area contributed by atoms with Crippen LogP contribution in [0.1, 0.15) is 106 Å². The summed E-state index contributed by atoms with van der Waals surface area (Å²) in [4.78, 5) is 114. The van der Waals surface area contributed by atoms with Gasteiger partial charge >= 0.3 is 18.0 Å². The number of amides is 7. The Hall–Kier alpha value is -6.01. The van der Waals surface area contributed by atoms with Gasteiger partial charge in [0.15, 0.2) is 0 Å². The highest BCUT2D eigenvalue weighted by Gasteiger charge is 2.31. The summed E-state index contributed by atoms with van der Waals surface area (Å²) in [7, 11) is 0. The van der Waals surface area contributed by atoms with Crippen LogP contribution < -0.4 is 26.6 Å². The van der Waals surface area contributed by atoms with Crippen molar-refractivity contribution < 1.29 is 62.8 Å². The second-order valence-corrected chi connectivity index (χ2v) is 16.8. The highest BCUT2D eigenvalue weighted by atomic mass is 16.6. The van der Waals surface area contributed by atoms with Gasteiger partial charge in [0.2, 0.25) is 23.6 Å². The first kappa shape index (κ1) is 50.1. The van der Waals surface area contributed by atoms with Crippen LogP contribution in [0, 0.1) is 5.92 Å². The number of rotatable bonds is 21. The Morgan fingerprint density at radius 2 is 1.37 bits per heavy atom. The number of nitrogens with one attached hydrogen (secondary N) is 5. The second-order valence-electron chi connectivity index (χ2n) is 16.8. The molecular weight excluding hydrogens is 784 g/mol. The van der Waals surface area contributed by atoms with Gasteiger partial charge in [-0.1, -0.05) is 19.9 Å². The van der Waals surface area contributed by atoms with Crippen LogP contribution in [0.4, 0.5) is 10.5 Å². The van der Waals surface area contributed by atoms with Crippen molar-refractivity contribution in [2.75, 3.05) is 11.9 Å². The molecule has 0 aliphatic carbocycles. The summed E-state index contributed by atoms with van der Waals surface area (Å²) in [5.41, 5.74) is -0.941. The smallest absolute Gasteiger partial charge is 0.407 e. The number of hydrogen-bond donors (Lipinski definition) is 7. The first-order chi connectivity index (χ1) is 27.7. The predicted molar refractivity (Wildman–Crippen MR) is 217 cm³/mol. The number of benzene rings is 1. The van der Waals surface area contributed by atoms with Crippen molar-refractivity contribution in [2.45, 2.75) is 143 Å². The maximum atomic E-state index is 13.4. The Bertz CT molecular complexity index is 1780. The maximum Gasteiger partial charge on any atom is 0.407 e. The molecule has 0 saturated heterocycles. The Morgan fingerprint density at radius 3 is 1.93 bits per heavy atom. The van der Waals surface area contributed by atoms with Crippen molar-refractivity contribution in [2.24, 2.45) is 5.92 Å². The van der Waals surface area contributed by atoms with Crippen molar-refractivity contribution in [3.8, 4) is 5.75 Å². The number of anilines is 1. The van der Waals surface area contributed by atoms with Crippen molar-refractivity contribution >= 4 is 59.2 Å². The molecule has 0 radical (unpaired) electrons. The molecule has 1 aliphatic rings. The van der Waals surface area contributed by atoms with Gasteiger partial charge in [-0.15, -0.1) is 0 Å². The molecule has 60 heavy (non-hydrogen) atoms. The lowest BCUT2D eigenvalue weighted by Crippen LogP contribution is -2.57. The largest absolute Gasteiger partial charge is 0.506 e. The number of phenols is 1. The van der Waals surface area contributed by atoms with Crippen LogP contribution in [0.3, 0.4) is 0 Å². The topological polar surface area (TPSA) is 276 Å². The van der Waals surface area contributed by atoms with Crippen LogP contribution in [0.2, 0.25) is 0 Å². The van der Waals surface area contributed by atoms with E-state index in [4.69, 9.17) is 9.47 Å². The normalized spacial score (nSPS) is 14.7. The van der Waals surface area contributed by atoms with Gasteiger partial charge in [-0.3, -0.25) is 43.3 Å². The third-order valence-electron chi connectivity index (χ3n) is 8.62. The standard InChI is InChI=1S/C41H60N6O13/c1-23(2)35(46-37(56)27(14-18-33(52)53)44-30(49)11-10-20-47-31(50)16-17-32(47)51)38(57)42-24(3)36(55)45-28-22-25(12-15-29(28)48)21-26(43-39(58)60-41(7,8)9)13-19-34(54)59-40(4,5)6/h12,15-17,22-24,26-27,35,48H,10-11,13-14,18-21H2,1-9H3,(H,42,57)(H,43,58)(H,44,49)(H,45,55)(H,46,56)(H,52,53)/t24-,26+,27+,35-/m0/s1. The lowest BCUT2D eigenvalue weighted by Gasteiger charge is -2.26. The van der Waals surface area contributed by atoms with E-state index in [9.17, 15) is 53.4 Å². The number of phenolic OH excluding ortho intramolecular Hbond substituents is 1. The number of esters is 1. The summed E-state index contributed by atoms with van der Waals surface area (Å²) >= 11 is 0. The molecule has 1 heterocycles. The molecule has 332 valence electrons. The Kier molecular flexibility index (Phi) is 18.7. The summed E-state index contributed by atoms with van der Waals surface area (Å²) in [5.74, 6) is -6.56. The number of aromatic hydroxyl groups is 1. The number of nitrogens with zero attached hydrogens (tertiary/aromatic N) is 1. The molecule has 0 spiro atoms. The molecule has 1 aromatic carbocycles. The predicted octanol–water partition coefficient (Wildman–Crippen LogP) is 2.59. The van der Waals surface area contributed by atoms with Gasteiger partial charge in [-0.05, 0) is 97.8 Å². The number of carboxylic acid groups (broad SMARTS) is 1. The van der Waals surface area contributed by atoms with Crippen molar-refractivity contribution in [1.82, 2.24) is 26.2 Å². The van der Waals surface area contributed by atoms with Crippen molar-refractivity contribution in [3.63, 3.8) is 0 Å². The summed E-state index contributed by atoms with van der Waals surface area (Å²) in [6.45, 7) is 14.9. The van der Waals surface area contributed by atoms with Crippen LogP contribution >= 0.6 is 0 Å². The molecule has 1 aromatic rings. The molecule has 2 rings (SSSR count). The van der Waals surface area contributed by atoms with Gasteiger partial charge in [0.25, 0.3) is 11.8 Å². The summed E-state index contributed by atoms with van der Waals surface area (Å²) < 4.78 is 10.8. The van der Waals surface area contributed by atoms with Crippen LogP contribution in [0.15, 0.2) is 30.4 Å². The number of aliphatic carboxylic acids is 1.